The number of nitrogens with two attached hydrogens (primary N) is 1. The molecule has 31 heavy (non-hydrogen) atoms. The third-order valence-electron chi connectivity index (χ3n) is 5.49. The molecule has 1 aliphatic rings. The zero-order valence-corrected chi connectivity index (χ0v) is 19.3. The molecule has 5 N–H and O–H groups in total. The molecule has 0 aromatic heterocycles. The molecule has 0 spiro atoms. The predicted octanol–water partition coefficient (Wildman–Crippen LogP) is 0.423. The fourth-order valence-electron chi connectivity index (χ4n) is 3.60. The summed E-state index contributed by atoms with van der Waals surface area (Å²) < 4.78 is 26.2. The Labute approximate surface area is 185 Å². The molecule has 1 fully saturated rings. The van der Waals surface area contributed by atoms with Crippen molar-refractivity contribution < 1.29 is 27.9 Å². The van der Waals surface area contributed by atoms with Crippen molar-refractivity contribution in [2.45, 2.75) is 70.8 Å². The van der Waals surface area contributed by atoms with Crippen molar-refractivity contribution in [3.8, 4) is 0 Å². The molecule has 0 unspecified atom stereocenters. The third-order valence-corrected chi connectivity index (χ3v) is 6.96. The Morgan fingerprint density at radius 2 is 1.81 bits per heavy atom. The number of hydrogen-bond donors (Lipinski definition) is 4. The monoisotopic (exact) mass is 462 g/mol. The van der Waals surface area contributed by atoms with Gasteiger partial charge in [0.2, 0.25) is 21.8 Å². The molecule has 0 aliphatic carbocycles. The van der Waals surface area contributed by atoms with Crippen LogP contribution in [0.3, 0.4) is 0 Å². The lowest BCUT2D eigenvalue weighted by Crippen LogP contribution is -2.53. The fourth-order valence-corrected chi connectivity index (χ4v) is 5.00. The summed E-state index contributed by atoms with van der Waals surface area (Å²) >= 11 is 0. The predicted molar refractivity (Wildman–Crippen MR) is 118 cm³/mol. The number of carboxylic acid groups (broad SMARTS) is 1. The van der Waals surface area contributed by atoms with Crippen LogP contribution in [0.1, 0.15) is 64.7 Å². The van der Waals surface area contributed by atoms with Gasteiger partial charge in [-0.1, -0.05) is 32.6 Å². The van der Waals surface area contributed by atoms with Gasteiger partial charge >= 0.3 is 5.97 Å². The molecule has 11 heteroatoms. The van der Waals surface area contributed by atoms with Crippen molar-refractivity contribution in [3.05, 3.63) is 0 Å². The number of amides is 2. The largest absolute Gasteiger partial charge is 0.480 e. The standard InChI is InChI=1S/C20H38N4O6S/c1-2-3-13-31(29,30)23-17(20(27)28)15-24(19(26)14-21)18(25)8-6-4-5-7-16-9-11-22-12-10-16/h16-17,22-23H,2-15,21H2,1H3,(H,27,28)/t17-/m0/s1. The van der Waals surface area contributed by atoms with Crippen LogP contribution in [0.4, 0.5) is 0 Å². The fraction of sp³-hybridized carbons (Fsp3) is 0.850. The Bertz CT molecular complexity index is 679. The SMILES string of the molecule is CCCCS(=O)(=O)N[C@@H](CN(C(=O)CN)C(=O)CCCCCC1CCNCC1)C(=O)O. The van der Waals surface area contributed by atoms with Crippen molar-refractivity contribution >= 4 is 27.8 Å². The van der Waals surface area contributed by atoms with Gasteiger partial charge < -0.3 is 16.2 Å². The van der Waals surface area contributed by atoms with E-state index in [1.54, 1.807) is 0 Å². The highest BCUT2D eigenvalue weighted by Gasteiger charge is 2.30. The number of carboxylic acids is 1. The Balaban J connectivity index is 2.58. The van der Waals surface area contributed by atoms with Gasteiger partial charge in [-0.15, -0.1) is 0 Å². The summed E-state index contributed by atoms with van der Waals surface area (Å²) in [6.07, 6.45) is 6.97. The Kier molecular flexibility index (Phi) is 12.8. The molecule has 0 bridgehead atoms. The van der Waals surface area contributed by atoms with Gasteiger partial charge in [-0.2, -0.15) is 4.72 Å². The summed E-state index contributed by atoms with van der Waals surface area (Å²) in [5.41, 5.74) is 5.38. The molecule has 0 aromatic rings. The van der Waals surface area contributed by atoms with Gasteiger partial charge in [0.1, 0.15) is 6.04 Å². The number of nitrogens with one attached hydrogen (secondary N) is 2. The number of aliphatic carboxylic acids is 1. The van der Waals surface area contributed by atoms with Gasteiger partial charge in [0.15, 0.2) is 0 Å². The minimum atomic E-state index is -3.84. The second kappa shape index (κ2) is 14.5. The lowest BCUT2D eigenvalue weighted by molar-refractivity contribution is -0.146. The van der Waals surface area contributed by atoms with Gasteiger partial charge in [0.05, 0.1) is 18.8 Å². The van der Waals surface area contributed by atoms with Gasteiger partial charge in [-0.3, -0.25) is 19.3 Å². The topological polar surface area (TPSA) is 159 Å². The van der Waals surface area contributed by atoms with E-state index in [1.807, 2.05) is 6.92 Å². The first-order valence-corrected chi connectivity index (χ1v) is 12.8. The number of piperidine rings is 1. The molecule has 10 nitrogen and oxygen atoms in total. The summed E-state index contributed by atoms with van der Waals surface area (Å²) in [6, 6.07) is -1.61. The van der Waals surface area contributed by atoms with Crippen molar-refractivity contribution in [1.82, 2.24) is 14.9 Å². The van der Waals surface area contributed by atoms with E-state index in [4.69, 9.17) is 5.73 Å². The maximum Gasteiger partial charge on any atom is 0.323 e. The summed E-state index contributed by atoms with van der Waals surface area (Å²) in [6.45, 7) is 2.87. The molecule has 2 amide bonds. The first kappa shape index (κ1) is 27.5. The van der Waals surface area contributed by atoms with E-state index in [-0.39, 0.29) is 12.2 Å². The number of nitrogens with zero attached hydrogens (tertiary/aromatic N) is 1. The maximum absolute atomic E-state index is 12.6. The van der Waals surface area contributed by atoms with Crippen molar-refractivity contribution in [3.63, 3.8) is 0 Å². The van der Waals surface area contributed by atoms with E-state index < -0.39 is 46.9 Å². The van der Waals surface area contributed by atoms with Gasteiger partial charge in [0.25, 0.3) is 0 Å². The van der Waals surface area contributed by atoms with Crippen LogP contribution in [0.2, 0.25) is 0 Å². The molecular weight excluding hydrogens is 424 g/mol. The number of carbonyl (C=O) groups is 3. The van der Waals surface area contributed by atoms with E-state index >= 15 is 0 Å². The second-order valence-electron chi connectivity index (χ2n) is 8.08. The third kappa shape index (κ3) is 11.0. The lowest BCUT2D eigenvalue weighted by Gasteiger charge is -2.24. The maximum atomic E-state index is 12.6. The molecule has 0 aromatic carbocycles. The van der Waals surface area contributed by atoms with Crippen molar-refractivity contribution in [2.24, 2.45) is 11.7 Å². The first-order valence-electron chi connectivity index (χ1n) is 11.2. The number of carbonyl (C=O) groups excluding carboxylic acids is 2. The molecule has 1 aliphatic heterocycles. The van der Waals surface area contributed by atoms with Crippen LogP contribution in [0.5, 0.6) is 0 Å². The average molecular weight is 463 g/mol. The number of hydrogen-bond acceptors (Lipinski definition) is 7. The average Bonchev–Trinajstić information content (AvgIpc) is 2.74. The quantitative estimate of drug-likeness (QED) is 0.255. The smallest absolute Gasteiger partial charge is 0.323 e. The molecule has 0 radical (unpaired) electrons. The van der Waals surface area contributed by atoms with E-state index in [0.29, 0.717) is 25.2 Å². The van der Waals surface area contributed by atoms with E-state index in [0.717, 1.165) is 37.3 Å². The van der Waals surface area contributed by atoms with Crippen LogP contribution in [0.25, 0.3) is 0 Å². The van der Waals surface area contributed by atoms with E-state index in [1.165, 1.54) is 12.8 Å². The number of imide groups is 1. The normalized spacial score (nSPS) is 16.1. The summed E-state index contributed by atoms with van der Waals surface area (Å²) in [5.74, 6) is -2.22. The summed E-state index contributed by atoms with van der Waals surface area (Å²) in [4.78, 5) is 37.1. The van der Waals surface area contributed by atoms with Crippen LogP contribution < -0.4 is 15.8 Å². The summed E-state index contributed by atoms with van der Waals surface area (Å²) in [5, 5.41) is 12.7. The Morgan fingerprint density at radius 3 is 2.39 bits per heavy atom. The van der Waals surface area contributed by atoms with Crippen LogP contribution in [0.15, 0.2) is 0 Å². The lowest BCUT2D eigenvalue weighted by atomic mass is 9.92. The zero-order valence-electron chi connectivity index (χ0n) is 18.5. The van der Waals surface area contributed by atoms with Crippen molar-refractivity contribution in [1.29, 1.82) is 0 Å². The minimum Gasteiger partial charge on any atom is -0.480 e. The minimum absolute atomic E-state index is 0.0902. The van der Waals surface area contributed by atoms with Gasteiger partial charge in [0, 0.05) is 6.42 Å². The first-order chi connectivity index (χ1) is 14.7. The molecular formula is C20H38N4O6S. The molecule has 180 valence electrons. The number of unbranched alkanes of at least 4 members (excludes halogenated alkanes) is 3. The number of sulfonamides is 1. The van der Waals surface area contributed by atoms with E-state index in [9.17, 15) is 27.9 Å². The summed E-state index contributed by atoms with van der Waals surface area (Å²) in [7, 11) is -3.84. The molecule has 0 saturated carbocycles. The Hall–Kier alpha value is -1.56. The Morgan fingerprint density at radius 1 is 1.13 bits per heavy atom. The molecule has 1 saturated heterocycles. The zero-order chi connectivity index (χ0) is 23.3. The molecule has 1 heterocycles. The van der Waals surface area contributed by atoms with Crippen LogP contribution in [-0.4, -0.2) is 74.2 Å². The highest BCUT2D eigenvalue weighted by Crippen LogP contribution is 2.19. The van der Waals surface area contributed by atoms with Crippen LogP contribution in [0, 0.1) is 5.92 Å². The van der Waals surface area contributed by atoms with Gasteiger partial charge in [-0.05, 0) is 44.7 Å². The molecule has 1 atom stereocenters. The highest BCUT2D eigenvalue weighted by atomic mass is 32.2. The second-order valence-corrected chi connectivity index (χ2v) is 9.95. The van der Waals surface area contributed by atoms with E-state index in [2.05, 4.69) is 10.0 Å². The number of rotatable bonds is 15. The highest BCUT2D eigenvalue weighted by molar-refractivity contribution is 7.89. The van der Waals surface area contributed by atoms with Crippen LogP contribution in [-0.2, 0) is 24.4 Å². The molecule has 1 rings (SSSR count). The van der Waals surface area contributed by atoms with Crippen molar-refractivity contribution in [2.75, 3.05) is 31.9 Å². The van der Waals surface area contributed by atoms with Crippen LogP contribution >= 0.6 is 0 Å². The van der Waals surface area contributed by atoms with Gasteiger partial charge in [-0.25, -0.2) is 8.42 Å².